The molecule has 0 saturated carbocycles. The highest BCUT2D eigenvalue weighted by atomic mass is 32.2. The highest BCUT2D eigenvalue weighted by molar-refractivity contribution is 7.90. The number of hydrogen-bond donors (Lipinski definition) is 3. The average molecular weight is 278 g/mol. The van der Waals surface area contributed by atoms with E-state index in [2.05, 4.69) is 23.9 Å². The fourth-order valence-corrected chi connectivity index (χ4v) is 2.99. The fourth-order valence-electron chi connectivity index (χ4n) is 2.08. The number of sulfonamides is 1. The number of carboxylic acid groups (broad SMARTS) is 1. The molecule has 0 aromatic rings. The van der Waals surface area contributed by atoms with E-state index >= 15 is 0 Å². The quantitative estimate of drug-likeness (QED) is 0.665. The molecule has 0 aromatic heterocycles. The molecule has 0 amide bonds. The first-order chi connectivity index (χ1) is 8.17. The van der Waals surface area contributed by atoms with Gasteiger partial charge < -0.3 is 10.4 Å². The van der Waals surface area contributed by atoms with Gasteiger partial charge in [-0.15, -0.1) is 0 Å². The molecule has 3 N–H and O–H groups in total. The van der Waals surface area contributed by atoms with Gasteiger partial charge in [0.15, 0.2) is 5.25 Å². The summed E-state index contributed by atoms with van der Waals surface area (Å²) in [6, 6.07) is 0.0296. The molecule has 0 bridgehead atoms. The van der Waals surface area contributed by atoms with Gasteiger partial charge >= 0.3 is 5.97 Å². The number of rotatable bonds is 5. The number of carbonyl (C=O) groups is 1. The van der Waals surface area contributed by atoms with Crippen LogP contribution in [0.3, 0.4) is 0 Å². The van der Waals surface area contributed by atoms with Crippen LogP contribution < -0.4 is 10.0 Å². The van der Waals surface area contributed by atoms with Crippen LogP contribution in [-0.2, 0) is 14.8 Å². The van der Waals surface area contributed by atoms with Crippen molar-refractivity contribution in [1.82, 2.24) is 10.0 Å². The first-order valence-electron chi connectivity index (χ1n) is 6.11. The van der Waals surface area contributed by atoms with Crippen molar-refractivity contribution in [2.24, 2.45) is 5.41 Å². The Balaban J connectivity index is 2.62. The SMILES string of the molecule is CC(C(=O)O)S(=O)(=O)NCC1NCCCC1(C)C. The molecule has 1 aliphatic heterocycles. The summed E-state index contributed by atoms with van der Waals surface area (Å²) in [6.45, 7) is 6.43. The van der Waals surface area contributed by atoms with E-state index in [9.17, 15) is 13.2 Å². The van der Waals surface area contributed by atoms with Crippen LogP contribution in [0.1, 0.15) is 33.6 Å². The second-order valence-electron chi connectivity index (χ2n) is 5.47. The van der Waals surface area contributed by atoms with Gasteiger partial charge in [0.1, 0.15) is 0 Å². The second-order valence-corrected chi connectivity index (χ2v) is 7.56. The van der Waals surface area contributed by atoms with Crippen LogP contribution in [-0.4, -0.2) is 43.9 Å². The summed E-state index contributed by atoms with van der Waals surface area (Å²) in [4.78, 5) is 10.7. The lowest BCUT2D eigenvalue weighted by molar-refractivity contribution is -0.136. The minimum Gasteiger partial charge on any atom is -0.480 e. The zero-order valence-electron chi connectivity index (χ0n) is 11.1. The largest absolute Gasteiger partial charge is 0.480 e. The molecule has 1 rings (SSSR count). The standard InChI is InChI=1S/C11H22N2O4S/c1-8(10(14)15)18(16,17)13-7-9-11(2,3)5-4-6-12-9/h8-9,12-13H,4-7H2,1-3H3,(H,14,15). The molecule has 0 aromatic carbocycles. The van der Waals surface area contributed by atoms with Crippen LogP contribution in [0, 0.1) is 5.41 Å². The zero-order chi connectivity index (χ0) is 14.0. The maximum absolute atomic E-state index is 11.7. The summed E-state index contributed by atoms with van der Waals surface area (Å²) in [5.74, 6) is -1.33. The van der Waals surface area contributed by atoms with Crippen LogP contribution >= 0.6 is 0 Å². The lowest BCUT2D eigenvalue weighted by atomic mass is 9.78. The molecule has 2 atom stereocenters. The number of aliphatic carboxylic acids is 1. The Labute approximate surface area is 108 Å². The third-order valence-electron chi connectivity index (χ3n) is 3.63. The Bertz CT molecular complexity index is 405. The second kappa shape index (κ2) is 5.54. The van der Waals surface area contributed by atoms with E-state index in [-0.39, 0.29) is 18.0 Å². The molecule has 18 heavy (non-hydrogen) atoms. The van der Waals surface area contributed by atoms with Crippen molar-refractivity contribution < 1.29 is 18.3 Å². The van der Waals surface area contributed by atoms with Crippen LogP contribution in [0.5, 0.6) is 0 Å². The zero-order valence-corrected chi connectivity index (χ0v) is 11.9. The fraction of sp³-hybridized carbons (Fsp3) is 0.909. The number of nitrogens with one attached hydrogen (secondary N) is 2. The van der Waals surface area contributed by atoms with E-state index in [1.54, 1.807) is 0 Å². The molecule has 1 aliphatic rings. The van der Waals surface area contributed by atoms with Crippen molar-refractivity contribution in [2.75, 3.05) is 13.1 Å². The third kappa shape index (κ3) is 3.66. The molecule has 0 spiro atoms. The van der Waals surface area contributed by atoms with Crippen molar-refractivity contribution in [2.45, 2.75) is 44.9 Å². The molecule has 6 nitrogen and oxygen atoms in total. The molecular weight excluding hydrogens is 256 g/mol. The first kappa shape index (κ1) is 15.4. The maximum atomic E-state index is 11.7. The Kier molecular flexibility index (Phi) is 4.74. The van der Waals surface area contributed by atoms with Gasteiger partial charge in [-0.25, -0.2) is 13.1 Å². The number of hydrogen-bond acceptors (Lipinski definition) is 4. The summed E-state index contributed by atoms with van der Waals surface area (Å²) >= 11 is 0. The molecular formula is C11H22N2O4S. The van der Waals surface area contributed by atoms with E-state index in [1.807, 2.05) is 0 Å². The number of carboxylic acids is 1. The van der Waals surface area contributed by atoms with Crippen LogP contribution in [0.4, 0.5) is 0 Å². The van der Waals surface area contributed by atoms with Gasteiger partial charge in [-0.3, -0.25) is 4.79 Å². The Morgan fingerprint density at radius 1 is 1.56 bits per heavy atom. The minimum atomic E-state index is -3.80. The van der Waals surface area contributed by atoms with Crippen molar-refractivity contribution in [3.8, 4) is 0 Å². The van der Waals surface area contributed by atoms with Crippen LogP contribution in [0.2, 0.25) is 0 Å². The summed E-state index contributed by atoms with van der Waals surface area (Å²) in [6.07, 6.45) is 2.10. The molecule has 0 aliphatic carbocycles. The van der Waals surface area contributed by atoms with Gasteiger partial charge in [-0.1, -0.05) is 13.8 Å². The smallest absolute Gasteiger partial charge is 0.323 e. The Morgan fingerprint density at radius 3 is 2.67 bits per heavy atom. The topological polar surface area (TPSA) is 95.5 Å². The molecule has 1 saturated heterocycles. The van der Waals surface area contributed by atoms with E-state index in [0.717, 1.165) is 19.4 Å². The molecule has 7 heteroatoms. The highest BCUT2D eigenvalue weighted by Gasteiger charge is 2.34. The van der Waals surface area contributed by atoms with Crippen LogP contribution in [0.25, 0.3) is 0 Å². The van der Waals surface area contributed by atoms with Gasteiger partial charge in [0.2, 0.25) is 10.0 Å². The average Bonchev–Trinajstić information content (AvgIpc) is 2.25. The van der Waals surface area contributed by atoms with Gasteiger partial charge in [0, 0.05) is 12.6 Å². The summed E-state index contributed by atoms with van der Waals surface area (Å²) in [5, 5.41) is 10.6. The third-order valence-corrected chi connectivity index (χ3v) is 5.34. The van der Waals surface area contributed by atoms with E-state index in [4.69, 9.17) is 5.11 Å². The first-order valence-corrected chi connectivity index (χ1v) is 7.66. The van der Waals surface area contributed by atoms with Crippen LogP contribution in [0.15, 0.2) is 0 Å². The normalized spacial score (nSPS) is 25.6. The lowest BCUT2D eigenvalue weighted by Crippen LogP contribution is -2.53. The van der Waals surface area contributed by atoms with Gasteiger partial charge in [-0.05, 0) is 31.7 Å². The molecule has 106 valence electrons. The number of piperidine rings is 1. The molecule has 2 unspecified atom stereocenters. The van der Waals surface area contributed by atoms with E-state index in [0.29, 0.717) is 0 Å². The van der Waals surface area contributed by atoms with Gasteiger partial charge in [0.05, 0.1) is 0 Å². The van der Waals surface area contributed by atoms with Crippen molar-refractivity contribution >= 4 is 16.0 Å². The lowest BCUT2D eigenvalue weighted by Gasteiger charge is -2.39. The summed E-state index contributed by atoms with van der Waals surface area (Å²) in [7, 11) is -3.80. The van der Waals surface area contributed by atoms with Crippen molar-refractivity contribution in [1.29, 1.82) is 0 Å². The highest BCUT2D eigenvalue weighted by Crippen LogP contribution is 2.29. The van der Waals surface area contributed by atoms with Crippen molar-refractivity contribution in [3.63, 3.8) is 0 Å². The van der Waals surface area contributed by atoms with Gasteiger partial charge in [-0.2, -0.15) is 0 Å². The molecule has 1 fully saturated rings. The maximum Gasteiger partial charge on any atom is 0.323 e. The molecule has 0 radical (unpaired) electrons. The van der Waals surface area contributed by atoms with Gasteiger partial charge in [0.25, 0.3) is 0 Å². The summed E-state index contributed by atoms with van der Waals surface area (Å²) < 4.78 is 25.8. The predicted octanol–water partition coefficient (Wildman–Crippen LogP) is 0.157. The Morgan fingerprint density at radius 2 is 2.17 bits per heavy atom. The predicted molar refractivity (Wildman–Crippen MR) is 68.8 cm³/mol. The molecule has 1 heterocycles. The minimum absolute atomic E-state index is 0.00717. The van der Waals surface area contributed by atoms with E-state index < -0.39 is 21.2 Å². The van der Waals surface area contributed by atoms with E-state index in [1.165, 1.54) is 6.92 Å². The van der Waals surface area contributed by atoms with Crippen molar-refractivity contribution in [3.05, 3.63) is 0 Å². The summed E-state index contributed by atoms with van der Waals surface area (Å²) in [5.41, 5.74) is 0.00717. The Hall–Kier alpha value is -0.660. The monoisotopic (exact) mass is 278 g/mol.